The van der Waals surface area contributed by atoms with E-state index >= 15 is 0 Å². The van der Waals surface area contributed by atoms with Gasteiger partial charge < -0.3 is 15.7 Å². The summed E-state index contributed by atoms with van der Waals surface area (Å²) in [5.74, 6) is 0.236. The fraction of sp³-hybridized carbons (Fsp3) is 0.800. The van der Waals surface area contributed by atoms with E-state index in [4.69, 9.17) is 5.11 Å². The van der Waals surface area contributed by atoms with E-state index in [1.807, 2.05) is 11.8 Å². The molecule has 0 unspecified atom stereocenters. The number of carbonyl (C=O) groups is 2. The predicted molar refractivity (Wildman–Crippen MR) is 61.6 cm³/mol. The van der Waals surface area contributed by atoms with Gasteiger partial charge in [-0.25, -0.2) is 4.79 Å². The summed E-state index contributed by atoms with van der Waals surface area (Å²) in [7, 11) is 0. The van der Waals surface area contributed by atoms with Crippen LogP contribution >= 0.6 is 11.8 Å². The van der Waals surface area contributed by atoms with E-state index in [-0.39, 0.29) is 24.5 Å². The van der Waals surface area contributed by atoms with Gasteiger partial charge in [-0.05, 0) is 12.8 Å². The molecule has 2 saturated heterocycles. The lowest BCUT2D eigenvalue weighted by molar-refractivity contribution is -0.137. The van der Waals surface area contributed by atoms with Gasteiger partial charge in [0.1, 0.15) is 0 Å². The number of hydrogen-bond acceptors (Lipinski definition) is 3. The highest BCUT2D eigenvalue weighted by atomic mass is 32.2. The number of carboxylic acids is 1. The van der Waals surface area contributed by atoms with Gasteiger partial charge in [-0.2, -0.15) is 11.8 Å². The highest BCUT2D eigenvalue weighted by molar-refractivity contribution is 8.00. The Morgan fingerprint density at radius 1 is 1.44 bits per heavy atom. The summed E-state index contributed by atoms with van der Waals surface area (Å²) in [4.78, 5) is 21.5. The molecule has 16 heavy (non-hydrogen) atoms. The highest BCUT2D eigenvalue weighted by Gasteiger charge is 2.42. The Kier molecular flexibility index (Phi) is 3.58. The number of thioether (sulfide) groups is 1. The third kappa shape index (κ3) is 2.61. The number of hydrogen-bond donors (Lipinski definition) is 3. The summed E-state index contributed by atoms with van der Waals surface area (Å²) in [6.45, 7) is 0. The average molecular weight is 244 g/mol. The van der Waals surface area contributed by atoms with Crippen LogP contribution in [0.3, 0.4) is 0 Å². The van der Waals surface area contributed by atoms with Crippen LogP contribution in [0.4, 0.5) is 4.79 Å². The number of amides is 2. The second-order valence-corrected chi connectivity index (χ2v) is 5.53. The van der Waals surface area contributed by atoms with Crippen molar-refractivity contribution in [1.82, 2.24) is 10.6 Å². The van der Waals surface area contributed by atoms with Gasteiger partial charge in [0.05, 0.1) is 12.1 Å². The maximum atomic E-state index is 11.1. The summed E-state index contributed by atoms with van der Waals surface area (Å²) in [5, 5.41) is 14.8. The number of unbranched alkanes of at least 4 members (excludes halogenated alkanes) is 1. The molecule has 2 amide bonds. The first kappa shape index (κ1) is 11.6. The van der Waals surface area contributed by atoms with Crippen molar-refractivity contribution < 1.29 is 14.7 Å². The van der Waals surface area contributed by atoms with Crippen LogP contribution in [0.15, 0.2) is 0 Å². The standard InChI is InChI=1S/C10H16N2O3S/c13-8(14)4-2-1-3-7-9-6(5-16-7)11-10(15)12-9/h6-7,9H,1-5H2,(H,13,14)(H2,11,12,15)/t6-,7+,9-/m0/s1. The molecule has 0 saturated carbocycles. The molecule has 0 aromatic heterocycles. The van der Waals surface area contributed by atoms with E-state index in [9.17, 15) is 9.59 Å². The second-order valence-electron chi connectivity index (χ2n) is 4.26. The normalized spacial score (nSPS) is 32.0. The van der Waals surface area contributed by atoms with Crippen LogP contribution in [-0.4, -0.2) is 40.2 Å². The molecule has 0 spiro atoms. The zero-order valence-corrected chi connectivity index (χ0v) is 9.76. The van der Waals surface area contributed by atoms with Crippen LogP contribution in [-0.2, 0) is 4.79 Å². The molecular weight excluding hydrogens is 228 g/mol. The lowest BCUT2D eigenvalue weighted by Gasteiger charge is -2.16. The molecule has 0 aliphatic carbocycles. The Balaban J connectivity index is 1.70. The van der Waals surface area contributed by atoms with Gasteiger partial charge in [0, 0.05) is 17.4 Å². The maximum absolute atomic E-state index is 11.1. The molecule has 0 radical (unpaired) electrons. The maximum Gasteiger partial charge on any atom is 0.315 e. The lowest BCUT2D eigenvalue weighted by atomic mass is 10.0. The number of fused-ring (bicyclic) bond motifs is 1. The monoisotopic (exact) mass is 244 g/mol. The number of rotatable bonds is 5. The van der Waals surface area contributed by atoms with E-state index in [1.54, 1.807) is 0 Å². The third-order valence-electron chi connectivity index (χ3n) is 3.07. The number of nitrogens with one attached hydrogen (secondary N) is 2. The molecule has 3 atom stereocenters. The summed E-state index contributed by atoms with van der Waals surface area (Å²) in [5.41, 5.74) is 0. The minimum absolute atomic E-state index is 0.0640. The van der Waals surface area contributed by atoms with Gasteiger partial charge in [0.15, 0.2) is 0 Å². The van der Waals surface area contributed by atoms with Crippen LogP contribution in [0.25, 0.3) is 0 Å². The van der Waals surface area contributed by atoms with Gasteiger partial charge in [-0.3, -0.25) is 4.79 Å². The summed E-state index contributed by atoms with van der Waals surface area (Å²) < 4.78 is 0. The van der Waals surface area contributed by atoms with Crippen molar-refractivity contribution in [1.29, 1.82) is 0 Å². The molecule has 6 heteroatoms. The van der Waals surface area contributed by atoms with Gasteiger partial charge >= 0.3 is 12.0 Å². The summed E-state index contributed by atoms with van der Waals surface area (Å²) in [6.07, 6.45) is 2.88. The van der Waals surface area contributed by atoms with Crippen molar-refractivity contribution in [3.8, 4) is 0 Å². The van der Waals surface area contributed by atoms with Gasteiger partial charge in [0.2, 0.25) is 0 Å². The van der Waals surface area contributed by atoms with Crippen molar-refractivity contribution in [2.24, 2.45) is 0 Å². The minimum Gasteiger partial charge on any atom is -0.481 e. The van der Waals surface area contributed by atoms with E-state index < -0.39 is 5.97 Å². The Bertz CT molecular complexity index is 298. The molecule has 5 nitrogen and oxygen atoms in total. The van der Waals surface area contributed by atoms with Crippen molar-refractivity contribution >= 4 is 23.8 Å². The Labute approximate surface area is 98.4 Å². The van der Waals surface area contributed by atoms with Crippen LogP contribution < -0.4 is 10.6 Å². The molecular formula is C10H16N2O3S. The van der Waals surface area contributed by atoms with Crippen LogP contribution in [0.5, 0.6) is 0 Å². The topological polar surface area (TPSA) is 78.4 Å². The lowest BCUT2D eigenvalue weighted by Crippen LogP contribution is -2.36. The van der Waals surface area contributed by atoms with Crippen molar-refractivity contribution in [2.75, 3.05) is 5.75 Å². The third-order valence-corrected chi connectivity index (χ3v) is 4.58. The molecule has 90 valence electrons. The first-order chi connectivity index (χ1) is 7.66. The molecule has 3 N–H and O–H groups in total. The van der Waals surface area contributed by atoms with E-state index in [0.29, 0.717) is 5.25 Å². The zero-order chi connectivity index (χ0) is 11.5. The van der Waals surface area contributed by atoms with Gasteiger partial charge in [-0.1, -0.05) is 6.42 Å². The van der Waals surface area contributed by atoms with Crippen molar-refractivity contribution in [3.05, 3.63) is 0 Å². The molecule has 2 rings (SSSR count). The molecule has 2 heterocycles. The van der Waals surface area contributed by atoms with E-state index in [1.165, 1.54) is 0 Å². The first-order valence-corrected chi connectivity index (χ1v) is 6.62. The zero-order valence-electron chi connectivity index (χ0n) is 8.94. The molecule has 2 fully saturated rings. The second kappa shape index (κ2) is 4.95. The van der Waals surface area contributed by atoms with Gasteiger partial charge in [0.25, 0.3) is 0 Å². The average Bonchev–Trinajstić information content (AvgIpc) is 2.72. The fourth-order valence-electron chi connectivity index (χ4n) is 2.26. The van der Waals surface area contributed by atoms with Crippen molar-refractivity contribution in [3.63, 3.8) is 0 Å². The van der Waals surface area contributed by atoms with Gasteiger partial charge in [-0.15, -0.1) is 0 Å². The number of carboxylic acid groups (broad SMARTS) is 1. The van der Waals surface area contributed by atoms with E-state index in [0.717, 1.165) is 25.0 Å². The largest absolute Gasteiger partial charge is 0.481 e. The molecule has 0 aromatic carbocycles. The Hall–Kier alpha value is -0.910. The summed E-state index contributed by atoms with van der Waals surface area (Å²) in [6, 6.07) is 0.440. The molecule has 0 aromatic rings. The molecule has 0 bridgehead atoms. The summed E-state index contributed by atoms with van der Waals surface area (Å²) >= 11 is 1.87. The Morgan fingerprint density at radius 3 is 3.00 bits per heavy atom. The fourth-order valence-corrected chi connectivity index (χ4v) is 3.81. The minimum atomic E-state index is -0.729. The quantitative estimate of drug-likeness (QED) is 0.493. The van der Waals surface area contributed by atoms with Crippen LogP contribution in [0, 0.1) is 0 Å². The number of urea groups is 1. The SMILES string of the molecule is O=C(O)CCCC[C@H]1SC[C@@H]2NC(=O)N[C@@H]21. The van der Waals surface area contributed by atoms with Crippen molar-refractivity contribution in [2.45, 2.75) is 43.0 Å². The van der Waals surface area contributed by atoms with Crippen LogP contribution in [0.2, 0.25) is 0 Å². The van der Waals surface area contributed by atoms with E-state index in [2.05, 4.69) is 10.6 Å². The number of aliphatic carboxylic acids is 1. The smallest absolute Gasteiger partial charge is 0.315 e. The highest BCUT2D eigenvalue weighted by Crippen LogP contribution is 2.33. The Morgan fingerprint density at radius 2 is 2.25 bits per heavy atom. The van der Waals surface area contributed by atoms with Crippen LogP contribution in [0.1, 0.15) is 25.7 Å². The molecule has 2 aliphatic heterocycles. The molecule has 2 aliphatic rings. The number of carbonyl (C=O) groups excluding carboxylic acids is 1. The first-order valence-electron chi connectivity index (χ1n) is 5.57. The predicted octanol–water partition coefficient (Wildman–Crippen LogP) is 0.797.